The van der Waals surface area contributed by atoms with E-state index in [-0.39, 0.29) is 0 Å². The molecule has 2 aromatic rings. The number of benzene rings is 2. The number of nitrogens with one attached hydrogen (secondary N) is 1. The number of anilines is 3. The van der Waals surface area contributed by atoms with Crippen molar-refractivity contribution < 1.29 is 9.47 Å². The zero-order valence-corrected chi connectivity index (χ0v) is 11.8. The largest absolute Gasteiger partial charge is 0.492 e. The van der Waals surface area contributed by atoms with Gasteiger partial charge in [-0.1, -0.05) is 12.1 Å². The second-order valence-electron chi connectivity index (χ2n) is 4.44. The molecule has 4 heteroatoms. The van der Waals surface area contributed by atoms with Gasteiger partial charge in [-0.05, 0) is 36.8 Å². The van der Waals surface area contributed by atoms with E-state index in [1.807, 2.05) is 43.3 Å². The highest BCUT2D eigenvalue weighted by atomic mass is 16.5. The summed E-state index contributed by atoms with van der Waals surface area (Å²) in [5.41, 5.74) is 9.58. The average molecular weight is 272 g/mol. The fourth-order valence-electron chi connectivity index (χ4n) is 1.96. The summed E-state index contributed by atoms with van der Waals surface area (Å²) in [4.78, 5) is 0. The molecule has 0 aliphatic carbocycles. The van der Waals surface area contributed by atoms with E-state index in [1.165, 1.54) is 0 Å². The van der Waals surface area contributed by atoms with Crippen LogP contribution in [0, 0.1) is 0 Å². The quantitative estimate of drug-likeness (QED) is 0.789. The second kappa shape index (κ2) is 6.82. The minimum absolute atomic E-state index is 0.594. The lowest BCUT2D eigenvalue weighted by Gasteiger charge is -2.12. The number of nitrogen functional groups attached to an aromatic ring is 1. The maximum Gasteiger partial charge on any atom is 0.144 e. The molecule has 0 spiro atoms. The molecule has 0 radical (unpaired) electrons. The van der Waals surface area contributed by atoms with E-state index in [0.29, 0.717) is 24.7 Å². The molecule has 0 aromatic heterocycles. The summed E-state index contributed by atoms with van der Waals surface area (Å²) < 4.78 is 10.6. The van der Waals surface area contributed by atoms with Gasteiger partial charge in [0, 0.05) is 24.6 Å². The molecule has 106 valence electrons. The highest BCUT2D eigenvalue weighted by molar-refractivity contribution is 5.67. The van der Waals surface area contributed by atoms with Crippen LogP contribution in [0.25, 0.3) is 0 Å². The first-order chi connectivity index (χ1) is 9.72. The van der Waals surface area contributed by atoms with Crippen LogP contribution >= 0.6 is 0 Å². The lowest BCUT2D eigenvalue weighted by molar-refractivity contribution is 0.185. The standard InChI is InChI=1S/C16H20N2O2/c1-3-20-16-10-14(7-8-15(16)17)18-13-6-4-5-12(9-13)11-19-2/h4-10,18H,3,11,17H2,1-2H3. The monoisotopic (exact) mass is 272 g/mol. The fourth-order valence-corrected chi connectivity index (χ4v) is 1.96. The fraction of sp³-hybridized carbons (Fsp3) is 0.250. The first kappa shape index (κ1) is 14.2. The van der Waals surface area contributed by atoms with E-state index in [1.54, 1.807) is 7.11 Å². The number of methoxy groups -OCH3 is 1. The third kappa shape index (κ3) is 3.65. The van der Waals surface area contributed by atoms with Crippen molar-refractivity contribution in [3.05, 3.63) is 48.0 Å². The minimum atomic E-state index is 0.594. The molecule has 2 aromatic carbocycles. The van der Waals surface area contributed by atoms with Gasteiger partial charge in [-0.2, -0.15) is 0 Å². The highest BCUT2D eigenvalue weighted by Gasteiger charge is 2.03. The smallest absolute Gasteiger partial charge is 0.144 e. The van der Waals surface area contributed by atoms with E-state index >= 15 is 0 Å². The Morgan fingerprint density at radius 2 is 1.90 bits per heavy atom. The lowest BCUT2D eigenvalue weighted by Crippen LogP contribution is -1.98. The van der Waals surface area contributed by atoms with E-state index < -0.39 is 0 Å². The van der Waals surface area contributed by atoms with Crippen LogP contribution in [0.1, 0.15) is 12.5 Å². The van der Waals surface area contributed by atoms with Crippen LogP contribution in [-0.4, -0.2) is 13.7 Å². The van der Waals surface area contributed by atoms with Gasteiger partial charge in [-0.3, -0.25) is 0 Å². The van der Waals surface area contributed by atoms with Crippen LogP contribution in [0.5, 0.6) is 5.75 Å². The van der Waals surface area contributed by atoms with E-state index in [9.17, 15) is 0 Å². The topological polar surface area (TPSA) is 56.5 Å². The molecule has 20 heavy (non-hydrogen) atoms. The maximum absolute atomic E-state index is 5.86. The van der Waals surface area contributed by atoms with Gasteiger partial charge < -0.3 is 20.5 Å². The molecule has 0 saturated heterocycles. The van der Waals surface area contributed by atoms with E-state index in [4.69, 9.17) is 15.2 Å². The van der Waals surface area contributed by atoms with Crippen molar-refractivity contribution in [1.29, 1.82) is 0 Å². The van der Waals surface area contributed by atoms with Gasteiger partial charge in [0.25, 0.3) is 0 Å². The Morgan fingerprint density at radius 3 is 2.65 bits per heavy atom. The normalized spacial score (nSPS) is 10.3. The molecule has 0 saturated carbocycles. The molecular weight excluding hydrogens is 252 g/mol. The average Bonchev–Trinajstić information content (AvgIpc) is 2.44. The van der Waals surface area contributed by atoms with Crippen LogP contribution < -0.4 is 15.8 Å². The predicted molar refractivity (Wildman–Crippen MR) is 82.5 cm³/mol. The number of hydrogen-bond donors (Lipinski definition) is 2. The van der Waals surface area contributed by atoms with Crippen molar-refractivity contribution in [2.75, 3.05) is 24.8 Å². The number of nitrogens with two attached hydrogens (primary N) is 1. The summed E-state index contributed by atoms with van der Waals surface area (Å²) in [5, 5.41) is 3.34. The van der Waals surface area contributed by atoms with Crippen molar-refractivity contribution in [2.24, 2.45) is 0 Å². The van der Waals surface area contributed by atoms with E-state index in [0.717, 1.165) is 16.9 Å². The molecule has 0 fully saturated rings. The molecule has 0 amide bonds. The molecule has 4 nitrogen and oxygen atoms in total. The summed E-state index contributed by atoms with van der Waals surface area (Å²) in [6.07, 6.45) is 0. The Balaban J connectivity index is 2.17. The van der Waals surface area contributed by atoms with Gasteiger partial charge in [0.2, 0.25) is 0 Å². The summed E-state index contributed by atoms with van der Waals surface area (Å²) in [6, 6.07) is 13.8. The molecule has 0 unspecified atom stereocenters. The summed E-state index contributed by atoms with van der Waals surface area (Å²) in [6.45, 7) is 3.13. The molecule has 0 heterocycles. The van der Waals surface area contributed by atoms with Crippen molar-refractivity contribution in [2.45, 2.75) is 13.5 Å². The second-order valence-corrected chi connectivity index (χ2v) is 4.44. The summed E-state index contributed by atoms with van der Waals surface area (Å²) in [5.74, 6) is 0.700. The maximum atomic E-state index is 5.86. The van der Waals surface area contributed by atoms with Crippen LogP contribution in [0.2, 0.25) is 0 Å². The predicted octanol–water partition coefficient (Wildman–Crippen LogP) is 3.56. The number of hydrogen-bond acceptors (Lipinski definition) is 4. The molecule has 0 aliphatic heterocycles. The Bertz CT molecular complexity index is 570. The minimum Gasteiger partial charge on any atom is -0.492 e. The highest BCUT2D eigenvalue weighted by Crippen LogP contribution is 2.27. The Morgan fingerprint density at radius 1 is 1.10 bits per heavy atom. The molecule has 0 atom stereocenters. The first-order valence-corrected chi connectivity index (χ1v) is 6.60. The van der Waals surface area contributed by atoms with Gasteiger partial charge in [0.05, 0.1) is 18.9 Å². The van der Waals surface area contributed by atoms with Crippen molar-refractivity contribution in [3.8, 4) is 5.75 Å². The molecule has 0 bridgehead atoms. The molecular formula is C16H20N2O2. The Kier molecular flexibility index (Phi) is 4.85. The van der Waals surface area contributed by atoms with Gasteiger partial charge in [0.15, 0.2) is 0 Å². The first-order valence-electron chi connectivity index (χ1n) is 6.60. The van der Waals surface area contributed by atoms with Crippen LogP contribution in [0.3, 0.4) is 0 Å². The van der Waals surface area contributed by atoms with Crippen molar-refractivity contribution >= 4 is 17.1 Å². The molecule has 0 aliphatic rings. The SMILES string of the molecule is CCOc1cc(Nc2cccc(COC)c2)ccc1N. The number of rotatable bonds is 6. The molecule has 3 N–H and O–H groups in total. The third-order valence-electron chi connectivity index (χ3n) is 2.84. The molecule has 2 rings (SSSR count). The van der Waals surface area contributed by atoms with Crippen LogP contribution in [-0.2, 0) is 11.3 Å². The van der Waals surface area contributed by atoms with Crippen LogP contribution in [0.15, 0.2) is 42.5 Å². The lowest BCUT2D eigenvalue weighted by atomic mass is 10.2. The van der Waals surface area contributed by atoms with E-state index in [2.05, 4.69) is 11.4 Å². The summed E-state index contributed by atoms with van der Waals surface area (Å²) >= 11 is 0. The van der Waals surface area contributed by atoms with Gasteiger partial charge in [-0.25, -0.2) is 0 Å². The Labute approximate surface area is 119 Å². The number of ether oxygens (including phenoxy) is 2. The van der Waals surface area contributed by atoms with Crippen molar-refractivity contribution in [3.63, 3.8) is 0 Å². The van der Waals surface area contributed by atoms with Gasteiger partial charge in [-0.15, -0.1) is 0 Å². The van der Waals surface area contributed by atoms with Gasteiger partial charge in [0.1, 0.15) is 5.75 Å². The summed E-state index contributed by atoms with van der Waals surface area (Å²) in [7, 11) is 1.69. The zero-order valence-electron chi connectivity index (χ0n) is 11.8. The zero-order chi connectivity index (χ0) is 14.4. The van der Waals surface area contributed by atoms with Gasteiger partial charge >= 0.3 is 0 Å². The van der Waals surface area contributed by atoms with Crippen LogP contribution in [0.4, 0.5) is 17.1 Å². The third-order valence-corrected chi connectivity index (χ3v) is 2.84. The van der Waals surface area contributed by atoms with Crippen molar-refractivity contribution in [1.82, 2.24) is 0 Å². The Hall–Kier alpha value is -2.20.